The predicted molar refractivity (Wildman–Crippen MR) is 150 cm³/mol. The monoisotopic (exact) mass is 574 g/mol. The number of amides is 1. The fourth-order valence-corrected chi connectivity index (χ4v) is 5.77. The minimum atomic E-state index is -5.08. The molecule has 3 N–H and O–H groups in total. The molecule has 2 heterocycles. The Labute approximate surface area is 237 Å². The molecule has 41 heavy (non-hydrogen) atoms. The third-order valence-corrected chi connectivity index (χ3v) is 7.76. The number of aliphatic hydroxyl groups is 1. The van der Waals surface area contributed by atoms with E-state index in [1.165, 1.54) is 16.7 Å². The number of nitrogens with zero attached hydrogens (tertiary/aromatic N) is 3. The number of fused-ring (bicyclic) bond motifs is 2. The first-order valence-electron chi connectivity index (χ1n) is 13.8. The van der Waals surface area contributed by atoms with Crippen LogP contribution in [0.25, 0.3) is 11.0 Å². The zero-order valence-electron chi connectivity index (χ0n) is 23.7. The molecule has 0 unspecified atom stereocenters. The second-order valence-corrected chi connectivity index (χ2v) is 11.4. The van der Waals surface area contributed by atoms with Gasteiger partial charge in [0.15, 0.2) is 0 Å². The van der Waals surface area contributed by atoms with Crippen molar-refractivity contribution in [1.29, 1.82) is 0 Å². The Bertz CT molecular complexity index is 1420. The number of alkyl halides is 3. The van der Waals surface area contributed by atoms with Crippen LogP contribution in [0.1, 0.15) is 48.8 Å². The summed E-state index contributed by atoms with van der Waals surface area (Å²) in [7, 11) is 0. The molecule has 0 saturated carbocycles. The summed E-state index contributed by atoms with van der Waals surface area (Å²) in [6.07, 6.45) is -2.48. The van der Waals surface area contributed by atoms with Gasteiger partial charge in [-0.2, -0.15) is 13.2 Å². The SMILES string of the molecule is Cc1ccc2c(c1)nc(C)n2[C@@H]1CCN(C[C@H]2Cc3ccc(NC(=O)C(C)C)cc3C2)C[C@H]1O.O=C(O)C(F)(F)F. The molecule has 1 aliphatic carbocycles. The van der Waals surface area contributed by atoms with E-state index in [0.717, 1.165) is 54.9 Å². The number of carbonyl (C=O) groups excluding carboxylic acids is 1. The number of aryl methyl sites for hydroxylation is 2. The Balaban J connectivity index is 0.000000493. The molecule has 1 saturated heterocycles. The summed E-state index contributed by atoms with van der Waals surface area (Å²) in [4.78, 5) is 28.1. The van der Waals surface area contributed by atoms with Crippen LogP contribution in [0.3, 0.4) is 0 Å². The minimum absolute atomic E-state index is 0.0245. The Hall–Kier alpha value is -3.44. The summed E-state index contributed by atoms with van der Waals surface area (Å²) >= 11 is 0. The van der Waals surface area contributed by atoms with Crippen molar-refractivity contribution in [1.82, 2.24) is 14.5 Å². The van der Waals surface area contributed by atoms with Crippen molar-refractivity contribution in [2.24, 2.45) is 11.8 Å². The molecule has 11 heteroatoms. The van der Waals surface area contributed by atoms with Crippen molar-refractivity contribution in [3.63, 3.8) is 0 Å². The number of carbonyl (C=O) groups is 2. The van der Waals surface area contributed by atoms with Crippen molar-refractivity contribution in [2.75, 3.05) is 25.0 Å². The van der Waals surface area contributed by atoms with E-state index in [1.807, 2.05) is 26.8 Å². The Kier molecular flexibility index (Phi) is 9.08. The number of halogens is 3. The van der Waals surface area contributed by atoms with Gasteiger partial charge >= 0.3 is 12.1 Å². The molecule has 1 amide bonds. The van der Waals surface area contributed by atoms with Gasteiger partial charge in [-0.1, -0.05) is 26.0 Å². The molecule has 1 aromatic heterocycles. The van der Waals surface area contributed by atoms with Gasteiger partial charge in [-0.25, -0.2) is 9.78 Å². The summed E-state index contributed by atoms with van der Waals surface area (Å²) in [5.74, 6) is -1.20. The number of anilines is 1. The Morgan fingerprint density at radius 3 is 2.41 bits per heavy atom. The maximum Gasteiger partial charge on any atom is 0.490 e. The van der Waals surface area contributed by atoms with Gasteiger partial charge in [0, 0.05) is 31.2 Å². The lowest BCUT2D eigenvalue weighted by Gasteiger charge is -2.38. The third-order valence-electron chi connectivity index (χ3n) is 7.76. The number of carboxylic acid groups (broad SMARTS) is 1. The van der Waals surface area contributed by atoms with Crippen LogP contribution in [0.5, 0.6) is 0 Å². The van der Waals surface area contributed by atoms with Crippen LogP contribution in [0.15, 0.2) is 36.4 Å². The molecule has 5 rings (SSSR count). The largest absolute Gasteiger partial charge is 0.490 e. The standard InChI is InChI=1S/C28H36N4O2.C2HF3O2/c1-17(2)28(34)30-23-7-6-21-12-20(13-22(21)14-23)15-31-10-9-26(27(33)16-31)32-19(4)29-24-11-18(3)5-8-25(24)32;3-2(4,5)1(6)7/h5-8,11,14,17,20,26-27,33H,9-10,12-13,15-16H2,1-4H3,(H,30,34);(H,6,7)/t20-,26+,27+;/m0./s1. The summed E-state index contributed by atoms with van der Waals surface area (Å²) in [6.45, 7) is 10.6. The highest BCUT2D eigenvalue weighted by atomic mass is 19.4. The fraction of sp³-hybridized carbons (Fsp3) is 0.500. The molecule has 222 valence electrons. The first-order chi connectivity index (χ1) is 19.2. The van der Waals surface area contributed by atoms with Gasteiger partial charge in [0.25, 0.3) is 0 Å². The molecule has 0 spiro atoms. The summed E-state index contributed by atoms with van der Waals surface area (Å²) < 4.78 is 34.0. The van der Waals surface area contributed by atoms with E-state index in [9.17, 15) is 23.1 Å². The maximum atomic E-state index is 12.0. The smallest absolute Gasteiger partial charge is 0.475 e. The first-order valence-corrected chi connectivity index (χ1v) is 13.8. The van der Waals surface area contributed by atoms with Crippen LogP contribution in [0.4, 0.5) is 18.9 Å². The van der Waals surface area contributed by atoms with Gasteiger partial charge in [0.2, 0.25) is 5.91 Å². The zero-order valence-corrected chi connectivity index (χ0v) is 23.7. The van der Waals surface area contributed by atoms with E-state index in [0.29, 0.717) is 12.5 Å². The molecule has 8 nitrogen and oxygen atoms in total. The summed E-state index contributed by atoms with van der Waals surface area (Å²) in [5, 5.41) is 21.3. The van der Waals surface area contributed by atoms with Gasteiger partial charge in [0.05, 0.1) is 23.2 Å². The van der Waals surface area contributed by atoms with Crippen LogP contribution in [0, 0.1) is 25.7 Å². The number of aromatic nitrogens is 2. The predicted octanol–water partition coefficient (Wildman–Crippen LogP) is 4.90. The number of piperidine rings is 1. The van der Waals surface area contributed by atoms with Crippen LogP contribution in [-0.4, -0.2) is 68.5 Å². The molecule has 0 radical (unpaired) electrons. The molecular formula is C30H37F3N4O4. The van der Waals surface area contributed by atoms with Gasteiger partial charge in [-0.15, -0.1) is 0 Å². The maximum absolute atomic E-state index is 12.0. The number of aliphatic hydroxyl groups excluding tert-OH is 1. The number of aliphatic carboxylic acids is 1. The van der Waals surface area contributed by atoms with Crippen molar-refractivity contribution in [2.45, 2.75) is 65.3 Å². The molecule has 3 aromatic rings. The second kappa shape index (κ2) is 12.2. The number of nitrogens with one attached hydrogen (secondary N) is 1. The van der Waals surface area contributed by atoms with Crippen LogP contribution >= 0.6 is 0 Å². The number of hydrogen-bond donors (Lipinski definition) is 3. The number of benzene rings is 2. The highest BCUT2D eigenvalue weighted by molar-refractivity contribution is 5.92. The number of likely N-dealkylation sites (tertiary alicyclic amines) is 1. The summed E-state index contributed by atoms with van der Waals surface area (Å²) in [5.41, 5.74) is 6.97. The van der Waals surface area contributed by atoms with E-state index in [1.54, 1.807) is 0 Å². The van der Waals surface area contributed by atoms with Crippen LogP contribution in [-0.2, 0) is 22.4 Å². The molecule has 3 atom stereocenters. The number of β-amino-alcohol motifs (C(OH)–C–C–N with tert-alkyl or cyclic N) is 1. The number of imidazole rings is 1. The van der Waals surface area contributed by atoms with E-state index in [2.05, 4.69) is 52.0 Å². The van der Waals surface area contributed by atoms with Crippen molar-refractivity contribution in [3.8, 4) is 0 Å². The second-order valence-electron chi connectivity index (χ2n) is 11.4. The quantitative estimate of drug-likeness (QED) is 0.400. The molecular weight excluding hydrogens is 537 g/mol. The number of carboxylic acids is 1. The van der Waals surface area contributed by atoms with Gasteiger partial charge in [-0.3, -0.25) is 4.79 Å². The lowest BCUT2D eigenvalue weighted by atomic mass is 9.98. The average molecular weight is 575 g/mol. The van der Waals surface area contributed by atoms with Crippen molar-refractivity contribution < 1.29 is 33.0 Å². The highest BCUT2D eigenvalue weighted by Crippen LogP contribution is 2.33. The fourth-order valence-electron chi connectivity index (χ4n) is 5.77. The molecule has 0 bridgehead atoms. The molecule has 1 fully saturated rings. The number of hydrogen-bond acceptors (Lipinski definition) is 5. The molecule has 2 aliphatic rings. The molecule has 1 aliphatic heterocycles. The number of rotatable bonds is 5. The Morgan fingerprint density at radius 2 is 1.78 bits per heavy atom. The van der Waals surface area contributed by atoms with Gasteiger partial charge < -0.3 is 25.0 Å². The molecule has 2 aromatic carbocycles. The van der Waals surface area contributed by atoms with Crippen LogP contribution < -0.4 is 5.32 Å². The average Bonchev–Trinajstić information content (AvgIpc) is 3.42. The zero-order chi connectivity index (χ0) is 30.1. The highest BCUT2D eigenvalue weighted by Gasteiger charge is 2.38. The van der Waals surface area contributed by atoms with E-state index in [-0.39, 0.29) is 17.9 Å². The van der Waals surface area contributed by atoms with Crippen molar-refractivity contribution in [3.05, 3.63) is 58.9 Å². The van der Waals surface area contributed by atoms with E-state index in [4.69, 9.17) is 14.9 Å². The van der Waals surface area contributed by atoms with Crippen LogP contribution in [0.2, 0.25) is 0 Å². The van der Waals surface area contributed by atoms with Gasteiger partial charge in [-0.05, 0) is 80.0 Å². The first kappa shape index (κ1) is 30.5. The van der Waals surface area contributed by atoms with E-state index >= 15 is 0 Å². The topological polar surface area (TPSA) is 108 Å². The minimum Gasteiger partial charge on any atom is -0.475 e. The lowest BCUT2D eigenvalue weighted by molar-refractivity contribution is -0.192. The third kappa shape index (κ3) is 7.26. The summed E-state index contributed by atoms with van der Waals surface area (Å²) in [6, 6.07) is 12.8. The Morgan fingerprint density at radius 1 is 1.10 bits per heavy atom. The van der Waals surface area contributed by atoms with Gasteiger partial charge in [0.1, 0.15) is 5.82 Å². The van der Waals surface area contributed by atoms with Crippen molar-refractivity contribution >= 4 is 28.6 Å². The normalized spacial score (nSPS) is 21.0. The lowest BCUT2D eigenvalue weighted by Crippen LogP contribution is -2.46. The van der Waals surface area contributed by atoms with E-state index < -0.39 is 18.2 Å².